The molecule has 1 fully saturated rings. The van der Waals surface area contributed by atoms with Gasteiger partial charge in [-0.05, 0) is 31.2 Å². The van der Waals surface area contributed by atoms with E-state index < -0.39 is 0 Å². The Bertz CT molecular complexity index is 847. The van der Waals surface area contributed by atoms with Crippen LogP contribution in [0, 0.1) is 12.8 Å². The van der Waals surface area contributed by atoms with Crippen LogP contribution in [0.5, 0.6) is 17.2 Å². The standard InChI is InChI=1S/C24H31NO4/c1-16-7-9-18(10-8-16)20(14-23(27)25-11-5-6-17(2)15-25)24-21(26)12-19(28-3)13-22(24)29-4/h7-10,12-13,17,20,26H,5-6,11,14-15H2,1-4H3. The van der Waals surface area contributed by atoms with Crippen LogP contribution in [0.4, 0.5) is 0 Å². The topological polar surface area (TPSA) is 59.0 Å². The van der Waals surface area contributed by atoms with E-state index in [-0.39, 0.29) is 24.0 Å². The normalized spacial score (nSPS) is 17.7. The number of carbonyl (C=O) groups is 1. The Morgan fingerprint density at radius 3 is 2.55 bits per heavy atom. The molecule has 2 aromatic rings. The fourth-order valence-electron chi connectivity index (χ4n) is 4.13. The van der Waals surface area contributed by atoms with Crippen molar-refractivity contribution in [1.29, 1.82) is 0 Å². The lowest BCUT2D eigenvalue weighted by Crippen LogP contribution is -2.39. The summed E-state index contributed by atoms with van der Waals surface area (Å²) >= 11 is 0. The molecule has 1 aliphatic heterocycles. The minimum Gasteiger partial charge on any atom is -0.507 e. The first-order chi connectivity index (χ1) is 13.9. The second-order valence-electron chi connectivity index (χ2n) is 8.02. The molecular weight excluding hydrogens is 366 g/mol. The first kappa shape index (κ1) is 21.0. The minimum atomic E-state index is -0.304. The molecule has 1 heterocycles. The Balaban J connectivity index is 2.00. The van der Waals surface area contributed by atoms with Crippen LogP contribution in [0.15, 0.2) is 36.4 Å². The molecular formula is C24H31NO4. The molecule has 2 aromatic carbocycles. The molecule has 5 nitrogen and oxygen atoms in total. The van der Waals surface area contributed by atoms with Crippen molar-refractivity contribution in [2.24, 2.45) is 5.92 Å². The SMILES string of the molecule is COc1cc(O)c(C(CC(=O)N2CCCC(C)C2)c2ccc(C)cc2)c(OC)c1. The lowest BCUT2D eigenvalue weighted by molar-refractivity contribution is -0.133. The van der Waals surface area contributed by atoms with E-state index in [2.05, 4.69) is 6.92 Å². The summed E-state index contributed by atoms with van der Waals surface area (Å²) in [5.41, 5.74) is 2.75. The summed E-state index contributed by atoms with van der Waals surface area (Å²) in [4.78, 5) is 15.1. The molecule has 2 unspecified atom stereocenters. The fourth-order valence-corrected chi connectivity index (χ4v) is 4.13. The van der Waals surface area contributed by atoms with Crippen molar-refractivity contribution in [2.45, 2.75) is 39.0 Å². The summed E-state index contributed by atoms with van der Waals surface area (Å²) < 4.78 is 10.8. The number of phenolic OH excluding ortho intramolecular Hbond substituents is 1. The fraction of sp³-hybridized carbons (Fsp3) is 0.458. The monoisotopic (exact) mass is 397 g/mol. The second kappa shape index (κ2) is 9.21. The van der Waals surface area contributed by atoms with Crippen molar-refractivity contribution in [3.8, 4) is 17.2 Å². The highest BCUT2D eigenvalue weighted by molar-refractivity contribution is 5.78. The Hall–Kier alpha value is -2.69. The van der Waals surface area contributed by atoms with Crippen molar-refractivity contribution in [3.63, 3.8) is 0 Å². The third kappa shape index (κ3) is 4.84. The predicted octanol–water partition coefficient (Wildman–Crippen LogP) is 4.50. The van der Waals surface area contributed by atoms with Crippen molar-refractivity contribution >= 4 is 5.91 Å². The van der Waals surface area contributed by atoms with E-state index in [1.807, 2.05) is 36.1 Å². The average molecular weight is 398 g/mol. The van der Waals surface area contributed by atoms with E-state index in [1.165, 1.54) is 0 Å². The van der Waals surface area contributed by atoms with Gasteiger partial charge < -0.3 is 19.5 Å². The van der Waals surface area contributed by atoms with Crippen LogP contribution in [0.3, 0.4) is 0 Å². The number of nitrogens with zero attached hydrogens (tertiary/aromatic N) is 1. The van der Waals surface area contributed by atoms with Crippen LogP contribution in [-0.4, -0.2) is 43.2 Å². The second-order valence-corrected chi connectivity index (χ2v) is 8.02. The maximum atomic E-state index is 13.2. The zero-order valence-corrected chi connectivity index (χ0v) is 17.8. The molecule has 0 bridgehead atoms. The molecule has 0 aromatic heterocycles. The zero-order chi connectivity index (χ0) is 21.0. The summed E-state index contributed by atoms with van der Waals surface area (Å²) in [5, 5.41) is 10.8. The molecule has 0 aliphatic carbocycles. The van der Waals surface area contributed by atoms with Gasteiger partial charge in [-0.3, -0.25) is 4.79 Å². The van der Waals surface area contributed by atoms with Crippen molar-refractivity contribution in [3.05, 3.63) is 53.1 Å². The number of rotatable bonds is 6. The molecule has 156 valence electrons. The van der Waals surface area contributed by atoms with Gasteiger partial charge in [0.2, 0.25) is 5.91 Å². The maximum Gasteiger partial charge on any atom is 0.223 e. The summed E-state index contributed by atoms with van der Waals surface area (Å²) in [7, 11) is 3.12. The van der Waals surface area contributed by atoms with Gasteiger partial charge >= 0.3 is 0 Å². The van der Waals surface area contributed by atoms with Gasteiger partial charge in [-0.25, -0.2) is 0 Å². The lowest BCUT2D eigenvalue weighted by Gasteiger charge is -2.32. The van der Waals surface area contributed by atoms with Gasteiger partial charge in [-0.1, -0.05) is 36.8 Å². The number of phenols is 1. The molecule has 0 spiro atoms. The van der Waals surface area contributed by atoms with E-state index in [4.69, 9.17) is 9.47 Å². The molecule has 1 saturated heterocycles. The van der Waals surface area contributed by atoms with Gasteiger partial charge in [0, 0.05) is 43.1 Å². The Morgan fingerprint density at radius 1 is 1.21 bits per heavy atom. The van der Waals surface area contributed by atoms with Gasteiger partial charge in [-0.15, -0.1) is 0 Å². The quantitative estimate of drug-likeness (QED) is 0.780. The highest BCUT2D eigenvalue weighted by Gasteiger charge is 2.29. The summed E-state index contributed by atoms with van der Waals surface area (Å²) in [6.07, 6.45) is 2.49. The minimum absolute atomic E-state index is 0.0755. The van der Waals surface area contributed by atoms with Crippen molar-refractivity contribution in [1.82, 2.24) is 4.90 Å². The number of likely N-dealkylation sites (tertiary alicyclic amines) is 1. The molecule has 3 rings (SSSR count). The Labute approximate surface area is 173 Å². The number of hydrogen-bond acceptors (Lipinski definition) is 4. The molecule has 0 radical (unpaired) electrons. The molecule has 1 aliphatic rings. The molecule has 1 N–H and O–H groups in total. The highest BCUT2D eigenvalue weighted by Crippen LogP contribution is 2.43. The molecule has 1 amide bonds. The first-order valence-electron chi connectivity index (χ1n) is 10.2. The Kier molecular flexibility index (Phi) is 6.68. The largest absolute Gasteiger partial charge is 0.507 e. The number of aromatic hydroxyl groups is 1. The van der Waals surface area contributed by atoms with E-state index in [0.29, 0.717) is 23.0 Å². The third-order valence-corrected chi connectivity index (χ3v) is 5.77. The van der Waals surface area contributed by atoms with Gasteiger partial charge in [0.1, 0.15) is 17.2 Å². The van der Waals surface area contributed by atoms with Gasteiger partial charge in [0.15, 0.2) is 0 Å². The molecule has 2 atom stereocenters. The van der Waals surface area contributed by atoms with Crippen LogP contribution in [0.1, 0.15) is 48.8 Å². The van der Waals surface area contributed by atoms with Crippen LogP contribution in [-0.2, 0) is 4.79 Å². The van der Waals surface area contributed by atoms with Crippen LogP contribution in [0.25, 0.3) is 0 Å². The highest BCUT2D eigenvalue weighted by atomic mass is 16.5. The molecule has 0 saturated carbocycles. The number of carbonyl (C=O) groups excluding carboxylic acids is 1. The van der Waals surface area contributed by atoms with Crippen molar-refractivity contribution in [2.75, 3.05) is 27.3 Å². The van der Waals surface area contributed by atoms with Crippen molar-refractivity contribution < 1.29 is 19.4 Å². The average Bonchev–Trinajstić information content (AvgIpc) is 2.72. The number of hydrogen-bond donors (Lipinski definition) is 1. The molecule has 5 heteroatoms. The first-order valence-corrected chi connectivity index (χ1v) is 10.2. The number of methoxy groups -OCH3 is 2. The Morgan fingerprint density at radius 2 is 1.93 bits per heavy atom. The van der Waals surface area contributed by atoms with E-state index in [1.54, 1.807) is 26.4 Å². The van der Waals surface area contributed by atoms with E-state index in [0.717, 1.165) is 37.1 Å². The summed E-state index contributed by atoms with van der Waals surface area (Å²) in [6, 6.07) is 11.4. The number of aryl methyl sites for hydroxylation is 1. The van der Waals surface area contributed by atoms with E-state index in [9.17, 15) is 9.90 Å². The number of ether oxygens (including phenoxy) is 2. The number of piperidine rings is 1. The van der Waals surface area contributed by atoms with Crippen LogP contribution >= 0.6 is 0 Å². The van der Waals surface area contributed by atoms with Crippen LogP contribution in [0.2, 0.25) is 0 Å². The summed E-state index contributed by atoms with van der Waals surface area (Å²) in [5.74, 6) is 1.44. The maximum absolute atomic E-state index is 13.2. The number of amides is 1. The van der Waals surface area contributed by atoms with Crippen LogP contribution < -0.4 is 9.47 Å². The zero-order valence-electron chi connectivity index (χ0n) is 17.8. The predicted molar refractivity (Wildman–Crippen MR) is 114 cm³/mol. The smallest absolute Gasteiger partial charge is 0.223 e. The van der Waals surface area contributed by atoms with Gasteiger partial charge in [-0.2, -0.15) is 0 Å². The lowest BCUT2D eigenvalue weighted by atomic mass is 9.86. The number of benzene rings is 2. The van der Waals surface area contributed by atoms with E-state index >= 15 is 0 Å². The summed E-state index contributed by atoms with van der Waals surface area (Å²) in [6.45, 7) is 5.82. The van der Waals surface area contributed by atoms with Gasteiger partial charge in [0.05, 0.1) is 14.2 Å². The molecule has 29 heavy (non-hydrogen) atoms. The third-order valence-electron chi connectivity index (χ3n) is 5.77. The van der Waals surface area contributed by atoms with Gasteiger partial charge in [0.25, 0.3) is 0 Å².